The van der Waals surface area contributed by atoms with Crippen molar-refractivity contribution in [1.82, 2.24) is 23.3 Å². The molecule has 0 N–H and O–H groups in total. The zero-order valence-electron chi connectivity index (χ0n) is 11.1. The van der Waals surface area contributed by atoms with Crippen LogP contribution in [0.3, 0.4) is 0 Å². The fourth-order valence-corrected chi connectivity index (χ4v) is 2.86. The molecule has 0 spiro atoms. The first-order valence-corrected chi connectivity index (χ1v) is 7.75. The third-order valence-electron chi connectivity index (χ3n) is 3.11. The van der Waals surface area contributed by atoms with Crippen molar-refractivity contribution in [1.29, 1.82) is 0 Å². The van der Waals surface area contributed by atoms with Crippen molar-refractivity contribution >= 4 is 31.2 Å². The van der Waals surface area contributed by atoms with Gasteiger partial charge in [0.05, 0.1) is 0 Å². The molecule has 0 unspecified atom stereocenters. The van der Waals surface area contributed by atoms with Crippen LogP contribution in [0.5, 0.6) is 0 Å². The van der Waals surface area contributed by atoms with E-state index in [2.05, 4.69) is 31.2 Å². The number of nitrogens with zero attached hydrogens (tertiary/aromatic N) is 5. The molecule has 0 aromatic carbocycles. The Labute approximate surface area is 131 Å². The van der Waals surface area contributed by atoms with Gasteiger partial charge in [0.25, 0.3) is 0 Å². The molecule has 5 nitrogen and oxygen atoms in total. The summed E-state index contributed by atoms with van der Waals surface area (Å²) in [6.45, 7) is 0. The van der Waals surface area contributed by atoms with Gasteiger partial charge in [0.2, 0.25) is 0 Å². The molecule has 3 aromatic rings. The zero-order valence-corrected chi connectivity index (χ0v) is 14.5. The van der Waals surface area contributed by atoms with Gasteiger partial charge in [0, 0.05) is 0 Å². The van der Waals surface area contributed by atoms with Crippen molar-refractivity contribution in [2.45, 2.75) is 0 Å². The first-order chi connectivity index (χ1) is 9.58. The molecule has 0 amide bonds. The molecule has 0 radical (unpaired) electrons. The van der Waals surface area contributed by atoms with E-state index >= 15 is 0 Å². The van der Waals surface area contributed by atoms with Crippen molar-refractivity contribution in [2.75, 3.05) is 0 Å². The zero-order chi connectivity index (χ0) is 14.3. The predicted octanol–water partition coefficient (Wildman–Crippen LogP) is 0.741. The van der Waals surface area contributed by atoms with Crippen molar-refractivity contribution in [3.05, 3.63) is 51.6 Å². The number of aromatic nitrogens is 5. The molecule has 7 heteroatoms. The molecule has 3 rings (SSSR count). The standard InChI is InChI=1S/C13H13N5Se2/c1-15-6-8-17(12(15)19)10-4-3-5-11(14-10)18-9-7-16(2)13(18)20/h3-9H,1-2H3. The molecule has 102 valence electrons. The molecule has 3 heterocycles. The minimum absolute atomic E-state index is 0.882. The van der Waals surface area contributed by atoms with Crippen LogP contribution in [0, 0.1) is 8.65 Å². The second-order valence-corrected chi connectivity index (χ2v) is 6.01. The van der Waals surface area contributed by atoms with Crippen molar-refractivity contribution < 1.29 is 0 Å². The number of hydrogen-bond donors (Lipinski definition) is 0. The molecular weight excluding hydrogens is 384 g/mol. The van der Waals surface area contributed by atoms with E-state index in [0.717, 1.165) is 20.3 Å². The van der Waals surface area contributed by atoms with Crippen LogP contribution in [0.15, 0.2) is 43.0 Å². The van der Waals surface area contributed by atoms with Crippen LogP contribution in [0.25, 0.3) is 11.6 Å². The van der Waals surface area contributed by atoms with Gasteiger partial charge in [-0.1, -0.05) is 0 Å². The molecule has 0 saturated heterocycles. The molecule has 0 aliphatic rings. The van der Waals surface area contributed by atoms with Gasteiger partial charge in [-0.25, -0.2) is 0 Å². The molecule has 20 heavy (non-hydrogen) atoms. The number of imidazole rings is 2. The summed E-state index contributed by atoms with van der Waals surface area (Å²) >= 11 is 6.12. The predicted molar refractivity (Wildman–Crippen MR) is 78.8 cm³/mol. The van der Waals surface area contributed by atoms with Crippen LogP contribution in [-0.2, 0) is 14.1 Å². The van der Waals surface area contributed by atoms with Crippen LogP contribution in [0.2, 0.25) is 0 Å². The van der Waals surface area contributed by atoms with Crippen molar-refractivity contribution in [2.24, 2.45) is 14.1 Å². The van der Waals surface area contributed by atoms with E-state index in [1.165, 1.54) is 0 Å². The third kappa shape index (κ3) is 2.23. The van der Waals surface area contributed by atoms with E-state index in [1.807, 2.05) is 75.4 Å². The maximum absolute atomic E-state index is 4.72. The van der Waals surface area contributed by atoms with Crippen LogP contribution >= 0.6 is 0 Å². The monoisotopic (exact) mass is 399 g/mol. The number of aryl methyl sites for hydroxylation is 2. The van der Waals surface area contributed by atoms with Gasteiger partial charge >= 0.3 is 132 Å². The van der Waals surface area contributed by atoms with Gasteiger partial charge in [-0.3, -0.25) is 0 Å². The Hall–Kier alpha value is -1.39. The Morgan fingerprint density at radius 2 is 1.25 bits per heavy atom. The molecule has 0 bridgehead atoms. The Morgan fingerprint density at radius 3 is 1.60 bits per heavy atom. The first kappa shape index (κ1) is 13.6. The summed E-state index contributed by atoms with van der Waals surface area (Å²) in [5.74, 6) is 1.76. The Kier molecular flexibility index (Phi) is 3.52. The summed E-state index contributed by atoms with van der Waals surface area (Å²) in [4.78, 5) is 4.72. The fourth-order valence-electron chi connectivity index (χ4n) is 1.96. The molecule has 0 aliphatic heterocycles. The molecule has 0 fully saturated rings. The molecule has 0 atom stereocenters. The van der Waals surface area contributed by atoms with Crippen molar-refractivity contribution in [3.63, 3.8) is 0 Å². The van der Waals surface area contributed by atoms with E-state index in [1.54, 1.807) is 0 Å². The SMILES string of the molecule is Cn1ccn(-c2cccc(-n3ccn(C)c3=[Se])n2)c1=[Se]. The number of rotatable bonds is 2. The average Bonchev–Trinajstić information content (AvgIpc) is 2.95. The Bertz CT molecular complexity index is 811. The van der Waals surface area contributed by atoms with Gasteiger partial charge < -0.3 is 0 Å². The van der Waals surface area contributed by atoms with E-state index in [0.29, 0.717) is 0 Å². The Balaban J connectivity index is 2.16. The average molecular weight is 397 g/mol. The number of hydrogen-bond acceptors (Lipinski definition) is 1. The molecule has 0 aliphatic carbocycles. The van der Waals surface area contributed by atoms with E-state index < -0.39 is 0 Å². The quantitative estimate of drug-likeness (QED) is 0.588. The third-order valence-corrected chi connectivity index (χ3v) is 5.14. The second-order valence-electron chi connectivity index (χ2n) is 4.48. The molecule has 3 aromatic heterocycles. The second kappa shape index (κ2) is 5.18. The minimum atomic E-state index is 0.882. The van der Waals surface area contributed by atoms with Gasteiger partial charge in [-0.2, -0.15) is 0 Å². The van der Waals surface area contributed by atoms with E-state index in [9.17, 15) is 0 Å². The summed E-state index contributed by atoms with van der Waals surface area (Å²) in [5.41, 5.74) is 0. The topological polar surface area (TPSA) is 32.6 Å². The maximum atomic E-state index is 4.72. The summed E-state index contributed by atoms with van der Waals surface area (Å²) in [7, 11) is 3.99. The number of pyridine rings is 1. The van der Waals surface area contributed by atoms with Gasteiger partial charge in [0.1, 0.15) is 0 Å². The molecular formula is C13H13N5Se2. The van der Waals surface area contributed by atoms with Gasteiger partial charge in [-0.05, 0) is 0 Å². The van der Waals surface area contributed by atoms with Crippen LogP contribution in [0.1, 0.15) is 0 Å². The van der Waals surface area contributed by atoms with E-state index in [-0.39, 0.29) is 0 Å². The summed E-state index contributed by atoms with van der Waals surface area (Å²) < 4.78 is 10.1. The Morgan fingerprint density at radius 1 is 0.800 bits per heavy atom. The van der Waals surface area contributed by atoms with Crippen LogP contribution < -0.4 is 0 Å². The van der Waals surface area contributed by atoms with Crippen LogP contribution in [-0.4, -0.2) is 54.4 Å². The van der Waals surface area contributed by atoms with Gasteiger partial charge in [-0.15, -0.1) is 0 Å². The summed E-state index contributed by atoms with van der Waals surface area (Å²) in [6, 6.07) is 6.00. The first-order valence-electron chi connectivity index (χ1n) is 6.04. The normalized spacial score (nSPS) is 10.9. The van der Waals surface area contributed by atoms with Crippen molar-refractivity contribution in [3.8, 4) is 11.6 Å². The molecule has 0 saturated carbocycles. The van der Waals surface area contributed by atoms with Gasteiger partial charge in [0.15, 0.2) is 0 Å². The summed E-state index contributed by atoms with van der Waals surface area (Å²) in [6.07, 6.45) is 7.98. The fraction of sp³-hybridized carbons (Fsp3) is 0.154. The summed E-state index contributed by atoms with van der Waals surface area (Å²) in [5, 5.41) is 0. The van der Waals surface area contributed by atoms with E-state index in [4.69, 9.17) is 4.98 Å². The van der Waals surface area contributed by atoms with Crippen LogP contribution in [0.4, 0.5) is 0 Å².